The Morgan fingerprint density at radius 1 is 1.15 bits per heavy atom. The molecule has 6 nitrogen and oxygen atoms in total. The first-order valence-corrected chi connectivity index (χ1v) is 11.8. The summed E-state index contributed by atoms with van der Waals surface area (Å²) < 4.78 is 26.1. The third-order valence-electron chi connectivity index (χ3n) is 6.13. The molecule has 0 aliphatic carbocycles. The number of aryl methyl sites for hydroxylation is 1. The average molecular weight is 466 g/mol. The van der Waals surface area contributed by atoms with Crippen LogP contribution in [0.15, 0.2) is 36.4 Å². The van der Waals surface area contributed by atoms with Crippen molar-refractivity contribution in [2.75, 3.05) is 24.8 Å². The number of esters is 1. The van der Waals surface area contributed by atoms with E-state index in [1.807, 2.05) is 25.1 Å². The van der Waals surface area contributed by atoms with Crippen LogP contribution in [0.1, 0.15) is 46.1 Å². The molecule has 0 saturated carbocycles. The Hall–Kier alpha value is -3.22. The van der Waals surface area contributed by atoms with Crippen molar-refractivity contribution in [1.82, 2.24) is 9.97 Å². The Bertz CT molecular complexity index is 1200. The minimum absolute atomic E-state index is 0.157. The predicted molar refractivity (Wildman–Crippen MR) is 131 cm³/mol. The maximum atomic E-state index is 15.1. The van der Waals surface area contributed by atoms with Gasteiger partial charge in [0.1, 0.15) is 17.4 Å². The molecule has 3 aromatic rings. The molecule has 0 bridgehead atoms. The zero-order chi connectivity index (χ0) is 24.5. The lowest BCUT2D eigenvalue weighted by molar-refractivity contribution is -0.159. The lowest BCUT2D eigenvalue weighted by atomic mass is 9.98. The van der Waals surface area contributed by atoms with Crippen molar-refractivity contribution in [1.29, 1.82) is 0 Å². The van der Waals surface area contributed by atoms with Crippen molar-refractivity contribution >= 4 is 22.7 Å². The first kappa shape index (κ1) is 23.9. The number of rotatable bonds is 5. The van der Waals surface area contributed by atoms with E-state index in [0.717, 1.165) is 48.2 Å². The third-order valence-corrected chi connectivity index (χ3v) is 6.13. The van der Waals surface area contributed by atoms with Gasteiger partial charge in [0, 0.05) is 18.5 Å². The maximum absolute atomic E-state index is 15.1. The van der Waals surface area contributed by atoms with Gasteiger partial charge in [-0.25, -0.2) is 14.4 Å². The molecule has 0 unspecified atom stereocenters. The summed E-state index contributed by atoms with van der Waals surface area (Å²) >= 11 is 0. The summed E-state index contributed by atoms with van der Waals surface area (Å²) in [5.41, 5.74) is 1.32. The maximum Gasteiger partial charge on any atom is 0.314 e. The number of aromatic nitrogens is 2. The summed E-state index contributed by atoms with van der Waals surface area (Å²) in [6, 6.07) is 10.6. The minimum Gasteiger partial charge on any atom is -0.456 e. The molecule has 1 aromatic heterocycles. The van der Waals surface area contributed by atoms with Crippen molar-refractivity contribution in [2.45, 2.75) is 47.5 Å². The number of halogens is 1. The molecule has 0 spiro atoms. The highest BCUT2D eigenvalue weighted by Gasteiger charge is 2.25. The first-order valence-electron chi connectivity index (χ1n) is 11.8. The second kappa shape index (κ2) is 9.57. The molecule has 0 amide bonds. The normalized spacial score (nSPS) is 14.9. The molecule has 2 heterocycles. The van der Waals surface area contributed by atoms with E-state index < -0.39 is 17.2 Å². The number of carbonyl (C=O) groups is 1. The highest BCUT2D eigenvalue weighted by Crippen LogP contribution is 2.35. The number of anilines is 1. The van der Waals surface area contributed by atoms with Gasteiger partial charge in [0.05, 0.1) is 16.5 Å². The van der Waals surface area contributed by atoms with E-state index in [9.17, 15) is 4.79 Å². The zero-order valence-corrected chi connectivity index (χ0v) is 20.5. The van der Waals surface area contributed by atoms with E-state index in [1.54, 1.807) is 32.9 Å². The molecule has 34 heavy (non-hydrogen) atoms. The lowest BCUT2D eigenvalue weighted by Crippen LogP contribution is -2.33. The van der Waals surface area contributed by atoms with Crippen molar-refractivity contribution in [2.24, 2.45) is 11.3 Å². The Morgan fingerprint density at radius 2 is 1.88 bits per heavy atom. The van der Waals surface area contributed by atoms with E-state index in [1.165, 1.54) is 6.07 Å². The lowest BCUT2D eigenvalue weighted by Gasteiger charge is -2.32. The SMILES string of the molecule is Cc1ccc2c(N3CCC(C)CC3)nc(-c3c(F)cccc3OCOC(=O)C(C)(C)C)nc2c1. The molecule has 0 radical (unpaired) electrons. The average Bonchev–Trinajstić information content (AvgIpc) is 2.78. The summed E-state index contributed by atoms with van der Waals surface area (Å²) in [6.07, 6.45) is 2.17. The fraction of sp³-hybridized carbons (Fsp3) is 0.444. The smallest absolute Gasteiger partial charge is 0.314 e. The van der Waals surface area contributed by atoms with Crippen molar-refractivity contribution in [3.63, 3.8) is 0 Å². The highest BCUT2D eigenvalue weighted by molar-refractivity contribution is 5.92. The number of fused-ring (bicyclic) bond motifs is 1. The summed E-state index contributed by atoms with van der Waals surface area (Å²) in [6.45, 7) is 11.0. The van der Waals surface area contributed by atoms with Gasteiger partial charge in [-0.15, -0.1) is 0 Å². The van der Waals surface area contributed by atoms with E-state index in [-0.39, 0.29) is 23.9 Å². The number of piperidine rings is 1. The molecule has 4 rings (SSSR count). The first-order chi connectivity index (χ1) is 16.1. The van der Waals surface area contributed by atoms with Crippen LogP contribution in [0.25, 0.3) is 22.3 Å². The van der Waals surface area contributed by atoms with Crippen LogP contribution in [0, 0.1) is 24.1 Å². The monoisotopic (exact) mass is 465 g/mol. The van der Waals surface area contributed by atoms with Crippen LogP contribution in [0.2, 0.25) is 0 Å². The molecule has 1 fully saturated rings. The summed E-state index contributed by atoms with van der Waals surface area (Å²) in [7, 11) is 0. The van der Waals surface area contributed by atoms with Crippen LogP contribution in [0.3, 0.4) is 0 Å². The third kappa shape index (κ3) is 5.13. The topological polar surface area (TPSA) is 64.6 Å². The molecule has 1 aliphatic heterocycles. The highest BCUT2D eigenvalue weighted by atomic mass is 19.1. The molecule has 1 aliphatic rings. The van der Waals surface area contributed by atoms with Crippen molar-refractivity contribution in [3.8, 4) is 17.1 Å². The van der Waals surface area contributed by atoms with Crippen molar-refractivity contribution in [3.05, 3.63) is 47.8 Å². The molecule has 0 atom stereocenters. The van der Waals surface area contributed by atoms with Crippen LogP contribution in [0.4, 0.5) is 10.2 Å². The zero-order valence-electron chi connectivity index (χ0n) is 20.5. The predicted octanol–water partition coefficient (Wildman–Crippen LogP) is 5.91. The fourth-order valence-corrected chi connectivity index (χ4v) is 4.00. The standard InChI is InChI=1S/C27H32FN3O3/c1-17-11-13-31(14-12-17)25-19-10-9-18(2)15-21(19)29-24(30-25)23-20(28)7-6-8-22(23)33-16-34-26(32)27(3,4)5/h6-10,15,17H,11-14,16H2,1-5H3. The van der Waals surface area contributed by atoms with Gasteiger partial charge in [-0.1, -0.05) is 19.1 Å². The largest absolute Gasteiger partial charge is 0.456 e. The molecule has 1 saturated heterocycles. The van der Waals surface area contributed by atoms with Gasteiger partial charge in [-0.05, 0) is 76.3 Å². The summed E-state index contributed by atoms with van der Waals surface area (Å²) in [5.74, 6) is 1.07. The molecular weight excluding hydrogens is 433 g/mol. The van der Waals surface area contributed by atoms with Gasteiger partial charge in [0.25, 0.3) is 0 Å². The number of ether oxygens (including phenoxy) is 2. The van der Waals surface area contributed by atoms with E-state index >= 15 is 4.39 Å². The summed E-state index contributed by atoms with van der Waals surface area (Å²) in [4.78, 5) is 23.9. The Labute approximate surface area is 200 Å². The van der Waals surface area contributed by atoms with Gasteiger partial charge >= 0.3 is 5.97 Å². The minimum atomic E-state index is -0.658. The quantitative estimate of drug-likeness (QED) is 0.345. The Morgan fingerprint density at radius 3 is 2.59 bits per heavy atom. The van der Waals surface area contributed by atoms with E-state index in [2.05, 4.69) is 11.8 Å². The number of carbonyl (C=O) groups excluding carboxylic acids is 1. The Kier molecular flexibility index (Phi) is 6.73. The number of hydrogen-bond acceptors (Lipinski definition) is 6. The fourth-order valence-electron chi connectivity index (χ4n) is 4.00. The molecule has 180 valence electrons. The number of benzene rings is 2. The van der Waals surface area contributed by atoms with Crippen LogP contribution in [-0.4, -0.2) is 35.8 Å². The second-order valence-electron chi connectivity index (χ2n) is 10.1. The number of nitrogens with zero attached hydrogens (tertiary/aromatic N) is 3. The van der Waals surface area contributed by atoms with Gasteiger partial charge in [-0.2, -0.15) is 0 Å². The second-order valence-corrected chi connectivity index (χ2v) is 10.1. The van der Waals surface area contributed by atoms with Crippen LogP contribution in [-0.2, 0) is 9.53 Å². The molecular formula is C27H32FN3O3. The number of hydrogen-bond donors (Lipinski definition) is 0. The van der Waals surface area contributed by atoms with Gasteiger partial charge in [0.2, 0.25) is 6.79 Å². The summed E-state index contributed by atoms with van der Waals surface area (Å²) in [5, 5.41) is 0.946. The van der Waals surface area contributed by atoms with Crippen molar-refractivity contribution < 1.29 is 18.7 Å². The van der Waals surface area contributed by atoms with E-state index in [4.69, 9.17) is 19.4 Å². The van der Waals surface area contributed by atoms with Gasteiger partial charge in [-0.3, -0.25) is 4.79 Å². The van der Waals surface area contributed by atoms with Gasteiger partial charge < -0.3 is 14.4 Å². The molecule has 2 aromatic carbocycles. The van der Waals surface area contributed by atoms with Gasteiger partial charge in [0.15, 0.2) is 5.82 Å². The van der Waals surface area contributed by atoms with Crippen LogP contribution < -0.4 is 9.64 Å². The van der Waals surface area contributed by atoms with Crippen LogP contribution >= 0.6 is 0 Å². The van der Waals surface area contributed by atoms with E-state index in [0.29, 0.717) is 5.92 Å². The Balaban J connectivity index is 1.74. The molecule has 0 N–H and O–H groups in total. The van der Waals surface area contributed by atoms with Crippen LogP contribution in [0.5, 0.6) is 5.75 Å². The molecule has 7 heteroatoms.